The first-order valence-corrected chi connectivity index (χ1v) is 11.3. The minimum atomic E-state index is -3.11. The molecule has 3 aliphatic heterocycles. The normalized spacial score (nSPS) is 25.2. The largest absolute Gasteiger partial charge is 0.294 e. The Morgan fingerprint density at radius 2 is 1.96 bits per heavy atom. The molecule has 3 fully saturated rings. The maximum absolute atomic E-state index is 12.0. The monoisotopic (exact) mass is 377 g/mol. The highest BCUT2D eigenvalue weighted by atomic mass is 32.2. The van der Waals surface area contributed by atoms with Crippen molar-refractivity contribution in [2.45, 2.75) is 25.4 Å². The molecule has 7 heteroatoms. The highest BCUT2D eigenvalue weighted by molar-refractivity contribution is 7.88. The average molecular weight is 378 g/mol. The zero-order chi connectivity index (χ0) is 17.4. The molecule has 0 unspecified atom stereocenters. The lowest BCUT2D eigenvalue weighted by molar-refractivity contribution is 0.126. The maximum atomic E-state index is 12.0. The number of hydrogen-bond acceptors (Lipinski definition) is 5. The van der Waals surface area contributed by atoms with Crippen molar-refractivity contribution < 1.29 is 8.42 Å². The number of nitrogens with zero attached hydrogens (tertiary/aromatic N) is 3. The molecule has 5 rings (SSSR count). The van der Waals surface area contributed by atoms with E-state index in [4.69, 9.17) is 0 Å². The molecule has 134 valence electrons. The molecular weight excluding hydrogens is 354 g/mol. The van der Waals surface area contributed by atoms with Gasteiger partial charge in [-0.15, -0.1) is 11.3 Å². The molecule has 0 amide bonds. The van der Waals surface area contributed by atoms with E-state index in [-0.39, 0.29) is 0 Å². The molecule has 1 aromatic heterocycles. The Morgan fingerprint density at radius 1 is 1.16 bits per heavy atom. The van der Waals surface area contributed by atoms with Crippen LogP contribution >= 0.6 is 11.3 Å². The molecule has 2 bridgehead atoms. The van der Waals surface area contributed by atoms with Gasteiger partial charge in [0.25, 0.3) is 0 Å². The third kappa shape index (κ3) is 3.79. The molecule has 3 aliphatic rings. The van der Waals surface area contributed by atoms with Crippen molar-refractivity contribution in [2.24, 2.45) is 5.92 Å². The standard InChI is InChI=1S/C18H23N3O2S2/c1-25(22,23)21-11-14-7-8-16(12-21)20(10-14)13-17-9-19-18(24-17)15-5-3-2-4-6-15/h2-6,9,14,16H,7-8,10-13H2,1H3/t14-,16-/m0/s1. The van der Waals surface area contributed by atoms with Crippen LogP contribution in [0.1, 0.15) is 17.7 Å². The minimum absolute atomic E-state index is 0.316. The number of rotatable bonds is 4. The highest BCUT2D eigenvalue weighted by Gasteiger charge is 2.37. The fourth-order valence-corrected chi connectivity index (χ4v) is 5.76. The first-order chi connectivity index (χ1) is 12.0. The number of thiazole rings is 1. The van der Waals surface area contributed by atoms with Crippen molar-refractivity contribution in [3.05, 3.63) is 41.4 Å². The van der Waals surface area contributed by atoms with E-state index in [1.807, 2.05) is 24.4 Å². The summed E-state index contributed by atoms with van der Waals surface area (Å²) >= 11 is 1.74. The SMILES string of the molecule is CS(=O)(=O)N1C[C@H]2CC[C@@H](C1)N(Cc1cnc(-c3ccccc3)s1)C2. The van der Waals surface area contributed by atoms with Gasteiger partial charge in [-0.1, -0.05) is 30.3 Å². The molecule has 5 nitrogen and oxygen atoms in total. The van der Waals surface area contributed by atoms with Crippen LogP contribution in [0.25, 0.3) is 10.6 Å². The van der Waals surface area contributed by atoms with Crippen LogP contribution in [0.2, 0.25) is 0 Å². The Labute approximate surface area is 153 Å². The third-order valence-electron chi connectivity index (χ3n) is 5.20. The second-order valence-corrected chi connectivity index (χ2v) is 10.2. The van der Waals surface area contributed by atoms with Crippen molar-refractivity contribution in [2.75, 3.05) is 25.9 Å². The maximum Gasteiger partial charge on any atom is 0.211 e. The van der Waals surface area contributed by atoms with Gasteiger partial charge in [-0.05, 0) is 18.8 Å². The highest BCUT2D eigenvalue weighted by Crippen LogP contribution is 2.32. The van der Waals surface area contributed by atoms with E-state index in [0.717, 1.165) is 36.5 Å². The Hall–Kier alpha value is -1.28. The molecule has 1 aromatic carbocycles. The van der Waals surface area contributed by atoms with Crippen LogP contribution in [0.4, 0.5) is 0 Å². The van der Waals surface area contributed by atoms with Crippen molar-refractivity contribution in [1.29, 1.82) is 0 Å². The van der Waals surface area contributed by atoms with E-state index in [1.54, 1.807) is 15.6 Å². The average Bonchev–Trinajstić information content (AvgIpc) is 2.84. The topological polar surface area (TPSA) is 53.5 Å². The Balaban J connectivity index is 1.49. The summed E-state index contributed by atoms with van der Waals surface area (Å²) in [4.78, 5) is 8.28. The number of hydrogen-bond donors (Lipinski definition) is 0. The third-order valence-corrected chi connectivity index (χ3v) is 7.46. The molecule has 2 atom stereocenters. The fraction of sp³-hybridized carbons (Fsp3) is 0.500. The van der Waals surface area contributed by atoms with E-state index in [2.05, 4.69) is 22.0 Å². The van der Waals surface area contributed by atoms with Crippen LogP contribution in [0, 0.1) is 5.92 Å². The van der Waals surface area contributed by atoms with Gasteiger partial charge in [-0.25, -0.2) is 17.7 Å². The zero-order valence-electron chi connectivity index (χ0n) is 14.3. The van der Waals surface area contributed by atoms with E-state index in [9.17, 15) is 8.42 Å². The number of benzene rings is 1. The molecule has 25 heavy (non-hydrogen) atoms. The predicted molar refractivity (Wildman–Crippen MR) is 101 cm³/mol. The first-order valence-electron chi connectivity index (χ1n) is 8.68. The van der Waals surface area contributed by atoms with Gasteiger partial charge in [0.05, 0.1) is 6.26 Å². The number of fused-ring (bicyclic) bond motifs is 4. The van der Waals surface area contributed by atoms with Crippen molar-refractivity contribution in [3.63, 3.8) is 0 Å². The molecule has 0 N–H and O–H groups in total. The first kappa shape index (κ1) is 17.1. The Bertz CT molecular complexity index is 835. The van der Waals surface area contributed by atoms with Crippen LogP contribution in [0.5, 0.6) is 0 Å². The van der Waals surface area contributed by atoms with Crippen LogP contribution in [0.15, 0.2) is 36.5 Å². The molecule has 4 heterocycles. The molecule has 0 aliphatic carbocycles. The summed E-state index contributed by atoms with van der Waals surface area (Å²) in [6, 6.07) is 10.6. The number of piperidine rings is 1. The Kier molecular flexibility index (Phi) is 4.66. The lowest BCUT2D eigenvalue weighted by atomic mass is 9.95. The molecule has 2 aromatic rings. The van der Waals surface area contributed by atoms with Gasteiger partial charge in [-0.3, -0.25) is 4.90 Å². The van der Waals surface area contributed by atoms with Gasteiger partial charge in [0, 0.05) is 48.9 Å². The molecule has 0 saturated carbocycles. The van der Waals surface area contributed by atoms with Crippen molar-refractivity contribution >= 4 is 21.4 Å². The summed E-state index contributed by atoms with van der Waals surface area (Å²) in [5.74, 6) is 0.440. The lowest BCUT2D eigenvalue weighted by Gasteiger charge is -2.35. The summed E-state index contributed by atoms with van der Waals surface area (Å²) in [6.07, 6.45) is 5.52. The van der Waals surface area contributed by atoms with Gasteiger partial charge in [-0.2, -0.15) is 0 Å². The summed E-state index contributed by atoms with van der Waals surface area (Å²) in [5, 5.41) is 1.05. The number of sulfonamides is 1. The van der Waals surface area contributed by atoms with E-state index in [1.165, 1.54) is 11.1 Å². The molecule has 0 spiro atoms. The van der Waals surface area contributed by atoms with E-state index in [0.29, 0.717) is 25.0 Å². The van der Waals surface area contributed by atoms with Crippen molar-refractivity contribution in [3.8, 4) is 10.6 Å². The van der Waals surface area contributed by atoms with Crippen LogP contribution in [0.3, 0.4) is 0 Å². The second kappa shape index (κ2) is 6.79. The van der Waals surface area contributed by atoms with Crippen molar-refractivity contribution in [1.82, 2.24) is 14.2 Å². The summed E-state index contributed by atoms with van der Waals surface area (Å²) < 4.78 is 25.6. The smallest absolute Gasteiger partial charge is 0.211 e. The zero-order valence-corrected chi connectivity index (χ0v) is 16.0. The van der Waals surface area contributed by atoms with Gasteiger partial charge in [0.2, 0.25) is 10.0 Å². The Morgan fingerprint density at radius 3 is 2.72 bits per heavy atom. The van der Waals surface area contributed by atoms with Gasteiger partial charge >= 0.3 is 0 Å². The summed E-state index contributed by atoms with van der Waals surface area (Å²) in [6.45, 7) is 3.14. The van der Waals surface area contributed by atoms with Crippen LogP contribution < -0.4 is 0 Å². The molecule has 3 saturated heterocycles. The second-order valence-electron chi connectivity index (χ2n) is 7.10. The fourth-order valence-electron chi connectivity index (χ4n) is 3.90. The minimum Gasteiger partial charge on any atom is -0.294 e. The molecular formula is C18H23N3O2S2. The molecule has 0 radical (unpaired) electrons. The summed E-state index contributed by atoms with van der Waals surface area (Å²) in [5.41, 5.74) is 1.15. The van der Waals surface area contributed by atoms with Crippen LogP contribution in [-0.2, 0) is 16.6 Å². The summed E-state index contributed by atoms with van der Waals surface area (Å²) in [7, 11) is -3.11. The van der Waals surface area contributed by atoms with Gasteiger partial charge in [0.1, 0.15) is 5.01 Å². The van der Waals surface area contributed by atoms with Gasteiger partial charge < -0.3 is 0 Å². The van der Waals surface area contributed by atoms with E-state index >= 15 is 0 Å². The van der Waals surface area contributed by atoms with Crippen LogP contribution in [-0.4, -0.2) is 54.5 Å². The lowest BCUT2D eigenvalue weighted by Crippen LogP contribution is -2.43. The number of aromatic nitrogens is 1. The predicted octanol–water partition coefficient (Wildman–Crippen LogP) is 2.67. The van der Waals surface area contributed by atoms with E-state index < -0.39 is 10.0 Å². The quantitative estimate of drug-likeness (QED) is 0.822. The van der Waals surface area contributed by atoms with Gasteiger partial charge in [0.15, 0.2) is 0 Å².